The Morgan fingerprint density at radius 3 is 0.943 bits per heavy atom. The Morgan fingerprint density at radius 1 is 0.379 bits per heavy atom. The maximum absolute atomic E-state index is 12.3. The predicted molar refractivity (Wildman–Crippen MR) is 516 cm³/mol. The number of nitrogen functional groups attached to an aromatic ring is 4. The lowest BCUT2D eigenvalue weighted by atomic mass is 10.0. The van der Waals surface area contributed by atoms with E-state index in [1.54, 1.807) is 41.5 Å². The van der Waals surface area contributed by atoms with Gasteiger partial charge in [0, 0.05) is 31.4 Å². The lowest BCUT2D eigenvalue weighted by Gasteiger charge is -2.18. The van der Waals surface area contributed by atoms with E-state index in [4.69, 9.17) is 106 Å². The zero-order valence-electron chi connectivity index (χ0n) is 77.0. The van der Waals surface area contributed by atoms with Gasteiger partial charge in [0.25, 0.3) is 23.6 Å². The Hall–Kier alpha value is -12.0. The number of hydrogen-bond acceptors (Lipinski definition) is 40. The van der Waals surface area contributed by atoms with E-state index < -0.39 is 164 Å². The molecular formula is C92H143N23O25. The molecular weight excluding hydrogens is 1830 g/mol. The first kappa shape index (κ1) is 117. The fraction of sp³-hybridized carbons (Fsp3) is 0.587. The van der Waals surface area contributed by atoms with Gasteiger partial charge < -0.3 is 165 Å². The van der Waals surface area contributed by atoms with Crippen LogP contribution in [0.1, 0.15) is 249 Å². The predicted octanol–water partition coefficient (Wildman–Crippen LogP) is 2.67. The van der Waals surface area contributed by atoms with Crippen LogP contribution in [0.2, 0.25) is 0 Å². The van der Waals surface area contributed by atoms with Crippen molar-refractivity contribution < 1.29 is 122 Å². The molecule has 19 atom stereocenters. The first-order valence-electron chi connectivity index (χ1n) is 44.9. The third kappa shape index (κ3) is 28.5. The van der Waals surface area contributed by atoms with Crippen LogP contribution < -0.4 is 63.1 Å². The van der Waals surface area contributed by atoms with Gasteiger partial charge in [-0.25, -0.2) is 39.9 Å². The Morgan fingerprint density at radius 2 is 0.657 bits per heavy atom. The molecule has 0 saturated carbocycles. The van der Waals surface area contributed by atoms with Gasteiger partial charge in [-0.3, -0.25) is 38.4 Å². The van der Waals surface area contributed by atoms with E-state index in [9.17, 15) is 79.2 Å². The number of rotatable bonds is 40. The molecule has 4 aliphatic rings. The van der Waals surface area contributed by atoms with Gasteiger partial charge in [0.2, 0.25) is 0 Å². The van der Waals surface area contributed by atoms with Crippen molar-refractivity contribution in [3.63, 3.8) is 0 Å². The van der Waals surface area contributed by atoms with Crippen LogP contribution in [-0.2, 0) is 68.2 Å². The average molecular weight is 1970 g/mol. The number of amides is 4. The Labute approximate surface area is 810 Å². The number of carbonyl (C=O) groups is 8. The molecule has 0 bridgehead atoms. The number of aryl methyl sites for hydroxylation is 4. The number of unbranched alkanes of at least 4 members (excludes halogenated alkanes) is 13. The van der Waals surface area contributed by atoms with Crippen LogP contribution in [0.5, 0.6) is 0 Å². The van der Waals surface area contributed by atoms with Gasteiger partial charge in [-0.2, -0.15) is 0 Å². The number of anilines is 4. The van der Waals surface area contributed by atoms with Crippen molar-refractivity contribution in [3.05, 3.63) is 106 Å². The number of aliphatic hydroxyl groups excluding tert-OH is 8. The maximum Gasteiger partial charge on any atom is 0.323 e. The van der Waals surface area contributed by atoms with E-state index in [1.807, 2.05) is 30.3 Å². The summed E-state index contributed by atoms with van der Waals surface area (Å²) in [6.45, 7) is 13.3. The SMILES string of the molecule is C.C.C.C.CCCCCCCCCCCCCCCCOCCC(=O)OCC1OC(n2cc(C(N)=O)c3c(N)nc(C)nc32)C(O)C1O.Cc1nc(N)c2c(C(N)=O)cn(C3OC(COC(=O)[C@@H](N)C(C)C)C(O)C3O)c2n1.Cc1nc(N)c2c(C(N)=O)cn(C3OC(COC(=O)[C@@H](N)Cc4ccccc4)C(O)C3O)c2n1.Cc1nc(N)c2c(C(N)=O)cn(C3OC(COC(=O)[C@H](C)N)C(O)C3O)c2n1. The molecule has 8 aromatic heterocycles. The molecule has 4 saturated heterocycles. The van der Waals surface area contributed by atoms with Crippen molar-refractivity contribution in [1.29, 1.82) is 0 Å². The molecule has 12 heterocycles. The number of carbonyl (C=O) groups excluding carboxylic acids is 8. The van der Waals surface area contributed by atoms with Gasteiger partial charge in [0.05, 0.1) is 56.8 Å². The average Bonchev–Trinajstić information content (AvgIpc) is 1.61. The summed E-state index contributed by atoms with van der Waals surface area (Å²) < 4.78 is 54.7. The molecule has 30 N–H and O–H groups in total. The molecule has 0 spiro atoms. The summed E-state index contributed by atoms with van der Waals surface area (Å²) in [6.07, 6.45) is 4.19. The normalized spacial score (nSPS) is 22.4. The second-order valence-corrected chi connectivity index (χ2v) is 34.2. The number of benzene rings is 1. The number of nitrogens with two attached hydrogens (primary N) is 11. The van der Waals surface area contributed by atoms with E-state index in [1.165, 1.54) is 127 Å². The van der Waals surface area contributed by atoms with Gasteiger partial charge in [-0.15, -0.1) is 0 Å². The van der Waals surface area contributed by atoms with Gasteiger partial charge in [-0.05, 0) is 58.9 Å². The van der Waals surface area contributed by atoms with Gasteiger partial charge >= 0.3 is 23.9 Å². The van der Waals surface area contributed by atoms with Gasteiger partial charge in [-0.1, -0.05) is 164 Å². The fourth-order valence-corrected chi connectivity index (χ4v) is 16.0. The van der Waals surface area contributed by atoms with E-state index in [0.717, 1.165) is 18.4 Å². The Balaban J connectivity index is 0.000000287. The van der Waals surface area contributed by atoms with Crippen LogP contribution in [-0.4, -0.2) is 278 Å². The second-order valence-electron chi connectivity index (χ2n) is 34.2. The van der Waals surface area contributed by atoms with Gasteiger partial charge in [0.1, 0.15) is 187 Å². The minimum Gasteiger partial charge on any atom is -0.463 e. The topological polar surface area (TPSA) is 791 Å². The molecule has 140 heavy (non-hydrogen) atoms. The molecule has 16 unspecified atom stereocenters. The summed E-state index contributed by atoms with van der Waals surface area (Å²) in [5.74, 6) is -4.13. The highest BCUT2D eigenvalue weighted by Crippen LogP contribution is 2.41. The first-order valence-corrected chi connectivity index (χ1v) is 44.9. The molecule has 4 aliphatic heterocycles. The summed E-state index contributed by atoms with van der Waals surface area (Å²) in [7, 11) is 0. The van der Waals surface area contributed by atoms with Crippen LogP contribution in [0.25, 0.3) is 44.1 Å². The van der Waals surface area contributed by atoms with E-state index in [2.05, 4.69) is 46.8 Å². The number of hydrogen-bond donors (Lipinski definition) is 19. The van der Waals surface area contributed by atoms with Crippen molar-refractivity contribution >= 4 is 115 Å². The third-order valence-corrected chi connectivity index (χ3v) is 23.4. The molecule has 776 valence electrons. The smallest absolute Gasteiger partial charge is 0.323 e. The largest absolute Gasteiger partial charge is 0.463 e. The molecule has 13 rings (SSSR count). The van der Waals surface area contributed by atoms with Crippen molar-refractivity contribution in [3.8, 4) is 0 Å². The number of primary amides is 4. The van der Waals surface area contributed by atoms with E-state index in [0.29, 0.717) is 29.9 Å². The highest BCUT2D eigenvalue weighted by Gasteiger charge is 2.50. The standard InChI is InChI=1S/C32H53N5O7.C22H26N6O6.C18H26N6O6.C16H22N6O6.4CH4/c1-3-4-5-6-7-8-9-10-11-12-13-14-15-16-18-42-19-17-25(38)43-21-24-27(39)28(40)32(44-24)37-20-23(30(34)41)26-29(33)35-22(2)36-31(26)37;1-10-26-18(24)15-12(19(25)31)8-28(20(15)27-10)21-17(30)16(29)14(34-21)9-33-22(32)13(23)7-11-5-3-2-4-6-11;1-6(2)11(19)18(28)29-5-9-12(25)13(26)17(30-9)24-4-8(15(21)27)10-14(20)22-7(3)23-16(10)24;1-5(17)16(26)27-4-8-10(23)11(24)15(28-8)22-3-7(13(19)25)9-12(18)20-6(2)21-14(9)22;;;;/h20,24,27-28,32,39-40H,3-19,21H2,1-2H3,(H2,34,41)(H2,33,35,36);2-6,8,13-14,16-17,21,29-30H,7,9,23H2,1H3,(H2,25,31)(H2,24,26,27);4,6,9,11-13,17,25-26H,5,19H2,1-3H3,(H2,21,27)(H2,20,22,23);3,5,8,10-11,15,23-24H,4,17H2,1-2H3,(H2,19,25)(H2,18,20,21);4*1H4/t;13-,14?,16?,17?,21?;9?,11-,12?,13?,17?;5-,8?,10?,11?,15?;;;;/m.000..../s1. The molecule has 4 fully saturated rings. The molecule has 1 aromatic carbocycles. The minimum atomic E-state index is -1.42. The molecule has 9 aromatic rings. The molecule has 0 radical (unpaired) electrons. The van der Waals surface area contributed by atoms with Crippen molar-refractivity contribution in [1.82, 2.24) is 58.1 Å². The molecule has 48 heteroatoms. The van der Waals surface area contributed by atoms with Crippen LogP contribution in [0.4, 0.5) is 23.3 Å². The molecule has 48 nitrogen and oxygen atoms in total. The Kier molecular flexibility index (Phi) is 44.2. The van der Waals surface area contributed by atoms with Crippen molar-refractivity contribution in [2.45, 2.75) is 304 Å². The van der Waals surface area contributed by atoms with Crippen LogP contribution in [0.3, 0.4) is 0 Å². The number of ether oxygens (including phenoxy) is 9. The van der Waals surface area contributed by atoms with E-state index in [-0.39, 0.29) is 171 Å². The van der Waals surface area contributed by atoms with Gasteiger partial charge in [0.15, 0.2) is 24.9 Å². The first-order chi connectivity index (χ1) is 64.5. The zero-order chi connectivity index (χ0) is 99.5. The summed E-state index contributed by atoms with van der Waals surface area (Å²) in [6, 6.07) is 6.66. The monoisotopic (exact) mass is 1970 g/mol. The third-order valence-electron chi connectivity index (χ3n) is 23.4. The van der Waals surface area contributed by atoms with Crippen LogP contribution in [0.15, 0.2) is 55.1 Å². The lowest BCUT2D eigenvalue weighted by Crippen LogP contribution is -2.40. The summed E-state index contributed by atoms with van der Waals surface area (Å²) in [5, 5.41) is 85.0. The van der Waals surface area contributed by atoms with Crippen molar-refractivity contribution in [2.24, 2.45) is 46.1 Å². The van der Waals surface area contributed by atoms with Crippen molar-refractivity contribution in [2.75, 3.05) is 62.6 Å². The van der Waals surface area contributed by atoms with Crippen LogP contribution >= 0.6 is 0 Å². The maximum atomic E-state index is 12.3. The molecule has 0 aliphatic carbocycles. The molecule has 4 amide bonds. The Bertz CT molecular complexity index is 5640. The zero-order valence-corrected chi connectivity index (χ0v) is 77.0. The quantitative estimate of drug-likeness (QED) is 0.0149. The van der Waals surface area contributed by atoms with Crippen LogP contribution in [0, 0.1) is 33.6 Å². The number of fused-ring (bicyclic) bond motifs is 4. The number of aromatic nitrogens is 12. The highest BCUT2D eigenvalue weighted by molar-refractivity contribution is 6.11. The lowest BCUT2D eigenvalue weighted by molar-refractivity contribution is -0.153. The highest BCUT2D eigenvalue weighted by atomic mass is 16.6. The number of nitrogens with zero attached hydrogens (tertiary/aromatic N) is 12. The van der Waals surface area contributed by atoms with E-state index >= 15 is 0 Å². The fourth-order valence-electron chi connectivity index (χ4n) is 16.0. The number of esters is 4. The summed E-state index contributed by atoms with van der Waals surface area (Å²) in [5.41, 5.74) is 64.7. The number of aliphatic hydroxyl groups is 8. The summed E-state index contributed by atoms with van der Waals surface area (Å²) in [4.78, 5) is 129. The summed E-state index contributed by atoms with van der Waals surface area (Å²) >= 11 is 0. The second kappa shape index (κ2) is 53.0. The minimum absolute atomic E-state index is 0.